The number of methoxy groups -OCH3 is 1. The van der Waals surface area contributed by atoms with Gasteiger partial charge in [0.15, 0.2) is 0 Å². The van der Waals surface area contributed by atoms with Gasteiger partial charge in [-0.2, -0.15) is 0 Å². The molecule has 0 radical (unpaired) electrons. The third-order valence-electron chi connectivity index (χ3n) is 2.40. The number of carbonyl (C=O) groups excluding carboxylic acids is 1. The van der Waals surface area contributed by atoms with Gasteiger partial charge in [-0.25, -0.2) is 12.7 Å². The number of hydrogen-bond donors (Lipinski definition) is 1. The molecule has 0 saturated carbocycles. The maximum atomic E-state index is 11.7. The van der Waals surface area contributed by atoms with Crippen molar-refractivity contribution >= 4 is 33.2 Å². The van der Waals surface area contributed by atoms with Crippen LogP contribution in [0.15, 0.2) is 0 Å². The van der Waals surface area contributed by atoms with Gasteiger partial charge >= 0.3 is 5.97 Å². The molecule has 8 heteroatoms. The second kappa shape index (κ2) is 5.07. The van der Waals surface area contributed by atoms with Crippen molar-refractivity contribution in [3.63, 3.8) is 0 Å². The van der Waals surface area contributed by atoms with Gasteiger partial charge in [0.05, 0.1) is 18.0 Å². The Balaban J connectivity index is 2.66. The summed E-state index contributed by atoms with van der Waals surface area (Å²) in [6.07, 6.45) is 0.475. The molecule has 0 amide bonds. The van der Waals surface area contributed by atoms with E-state index in [0.29, 0.717) is 13.0 Å². The first-order valence-corrected chi connectivity index (χ1v) is 6.72. The molecule has 6 nitrogen and oxygen atoms in total. The summed E-state index contributed by atoms with van der Waals surface area (Å²) in [4.78, 5) is 11.1. The molecule has 2 N–H and O–H groups in total. The molecule has 0 bridgehead atoms. The first-order valence-electron chi connectivity index (χ1n) is 4.71. The summed E-state index contributed by atoms with van der Waals surface area (Å²) in [6, 6.07) is 0. The standard InChI is InChI=1S/C8H14N2O4S2/c1-14-8(11)6-2-3-10(4-6)16(12,13)5-7(9)15/h6H,2-5H2,1H3,(H2,9,15). The van der Waals surface area contributed by atoms with E-state index in [1.54, 1.807) is 0 Å². The second-order valence-electron chi connectivity index (χ2n) is 3.59. The van der Waals surface area contributed by atoms with E-state index in [4.69, 9.17) is 5.73 Å². The molecule has 16 heavy (non-hydrogen) atoms. The van der Waals surface area contributed by atoms with Gasteiger partial charge in [0.1, 0.15) is 5.75 Å². The van der Waals surface area contributed by atoms with Crippen LogP contribution in [0, 0.1) is 5.92 Å². The van der Waals surface area contributed by atoms with Crippen molar-refractivity contribution in [2.75, 3.05) is 26.0 Å². The number of carbonyl (C=O) groups is 1. The summed E-state index contributed by atoms with van der Waals surface area (Å²) >= 11 is 4.56. The summed E-state index contributed by atoms with van der Waals surface area (Å²) in [7, 11) is -2.19. The van der Waals surface area contributed by atoms with Gasteiger partial charge in [0.2, 0.25) is 10.0 Å². The Hall–Kier alpha value is -0.730. The molecular weight excluding hydrogens is 252 g/mol. The maximum absolute atomic E-state index is 11.7. The predicted octanol–water partition coefficient (Wildman–Crippen LogP) is -0.903. The van der Waals surface area contributed by atoms with Crippen LogP contribution < -0.4 is 5.73 Å². The molecule has 0 spiro atoms. The number of esters is 1. The molecule has 1 unspecified atom stereocenters. The van der Waals surface area contributed by atoms with E-state index in [9.17, 15) is 13.2 Å². The lowest BCUT2D eigenvalue weighted by Crippen LogP contribution is -2.36. The SMILES string of the molecule is COC(=O)C1CCN(S(=O)(=O)CC(N)=S)C1. The van der Waals surface area contributed by atoms with Gasteiger partial charge in [0, 0.05) is 13.1 Å². The van der Waals surface area contributed by atoms with Gasteiger partial charge in [-0.05, 0) is 6.42 Å². The average Bonchev–Trinajstić information content (AvgIpc) is 2.63. The van der Waals surface area contributed by atoms with Crippen molar-refractivity contribution in [2.45, 2.75) is 6.42 Å². The van der Waals surface area contributed by atoms with E-state index in [1.807, 2.05) is 0 Å². The van der Waals surface area contributed by atoms with Crippen molar-refractivity contribution in [2.24, 2.45) is 11.7 Å². The lowest BCUT2D eigenvalue weighted by molar-refractivity contribution is -0.144. The quantitative estimate of drug-likeness (QED) is 0.524. The molecule has 1 saturated heterocycles. The van der Waals surface area contributed by atoms with Crippen LogP contribution >= 0.6 is 12.2 Å². The molecule has 1 heterocycles. The Bertz CT molecular complexity index is 393. The number of sulfonamides is 1. The van der Waals surface area contributed by atoms with Crippen molar-refractivity contribution in [3.05, 3.63) is 0 Å². The molecule has 1 aliphatic rings. The lowest BCUT2D eigenvalue weighted by Gasteiger charge is -2.15. The average molecular weight is 266 g/mol. The minimum atomic E-state index is -3.47. The lowest BCUT2D eigenvalue weighted by atomic mass is 10.1. The minimum Gasteiger partial charge on any atom is -0.469 e. The Kier molecular flexibility index (Phi) is 4.22. The smallest absolute Gasteiger partial charge is 0.310 e. The first kappa shape index (κ1) is 13.3. The highest BCUT2D eigenvalue weighted by atomic mass is 32.2. The number of rotatable bonds is 4. The Morgan fingerprint density at radius 3 is 2.75 bits per heavy atom. The van der Waals surface area contributed by atoms with E-state index in [-0.39, 0.29) is 29.2 Å². The van der Waals surface area contributed by atoms with E-state index < -0.39 is 10.0 Å². The Morgan fingerprint density at radius 1 is 1.62 bits per heavy atom. The van der Waals surface area contributed by atoms with Crippen LogP contribution in [0.25, 0.3) is 0 Å². The zero-order valence-electron chi connectivity index (χ0n) is 8.88. The van der Waals surface area contributed by atoms with Gasteiger partial charge in [-0.1, -0.05) is 12.2 Å². The highest BCUT2D eigenvalue weighted by Crippen LogP contribution is 2.20. The monoisotopic (exact) mass is 266 g/mol. The van der Waals surface area contributed by atoms with Crippen LogP contribution in [0.4, 0.5) is 0 Å². The molecule has 0 aliphatic carbocycles. The fraction of sp³-hybridized carbons (Fsp3) is 0.750. The zero-order valence-corrected chi connectivity index (χ0v) is 10.5. The highest BCUT2D eigenvalue weighted by molar-refractivity contribution is 7.92. The molecule has 92 valence electrons. The molecule has 1 fully saturated rings. The fourth-order valence-corrected chi connectivity index (χ4v) is 3.39. The molecule has 0 aromatic carbocycles. The van der Waals surface area contributed by atoms with Crippen molar-refractivity contribution in [1.29, 1.82) is 0 Å². The third kappa shape index (κ3) is 3.13. The van der Waals surface area contributed by atoms with E-state index in [1.165, 1.54) is 11.4 Å². The number of thiocarbonyl (C=S) groups is 1. The first-order chi connectivity index (χ1) is 7.36. The number of nitrogens with zero attached hydrogens (tertiary/aromatic N) is 1. The van der Waals surface area contributed by atoms with Gasteiger partial charge in [-0.3, -0.25) is 4.79 Å². The molecule has 0 aromatic rings. The zero-order chi connectivity index (χ0) is 12.3. The van der Waals surface area contributed by atoms with Crippen molar-refractivity contribution < 1.29 is 17.9 Å². The van der Waals surface area contributed by atoms with E-state index in [0.717, 1.165) is 0 Å². The summed E-state index contributed by atoms with van der Waals surface area (Å²) in [6.45, 7) is 0.461. The van der Waals surface area contributed by atoms with Gasteiger partial charge < -0.3 is 10.5 Å². The van der Waals surface area contributed by atoms with Crippen LogP contribution in [0.3, 0.4) is 0 Å². The van der Waals surface area contributed by atoms with Crippen molar-refractivity contribution in [3.8, 4) is 0 Å². The van der Waals surface area contributed by atoms with E-state index in [2.05, 4.69) is 17.0 Å². The Morgan fingerprint density at radius 2 is 2.25 bits per heavy atom. The topological polar surface area (TPSA) is 89.7 Å². The fourth-order valence-electron chi connectivity index (χ4n) is 1.61. The molecule has 0 aromatic heterocycles. The summed E-state index contributed by atoms with van der Waals surface area (Å²) in [5, 5.41) is 0. The number of ether oxygens (including phenoxy) is 1. The summed E-state index contributed by atoms with van der Waals surface area (Å²) < 4.78 is 29.2. The second-order valence-corrected chi connectivity index (χ2v) is 6.08. The van der Waals surface area contributed by atoms with Crippen LogP contribution in [0.2, 0.25) is 0 Å². The summed E-state index contributed by atoms with van der Waals surface area (Å²) in [5.41, 5.74) is 5.20. The highest BCUT2D eigenvalue weighted by Gasteiger charge is 2.35. The predicted molar refractivity (Wildman–Crippen MR) is 62.3 cm³/mol. The van der Waals surface area contributed by atoms with E-state index >= 15 is 0 Å². The maximum Gasteiger partial charge on any atom is 0.310 e. The van der Waals surface area contributed by atoms with Crippen LogP contribution in [-0.2, 0) is 19.6 Å². The Labute approximate surface area is 99.8 Å². The molecular formula is C8H14N2O4S2. The van der Waals surface area contributed by atoms with Crippen LogP contribution in [0.5, 0.6) is 0 Å². The number of hydrogen-bond acceptors (Lipinski definition) is 5. The van der Waals surface area contributed by atoms with Gasteiger partial charge in [-0.15, -0.1) is 0 Å². The summed E-state index contributed by atoms with van der Waals surface area (Å²) in [5.74, 6) is -1.12. The number of nitrogens with two attached hydrogens (primary N) is 1. The minimum absolute atomic E-state index is 0.0680. The molecule has 1 rings (SSSR count). The van der Waals surface area contributed by atoms with Crippen molar-refractivity contribution in [1.82, 2.24) is 4.31 Å². The largest absolute Gasteiger partial charge is 0.469 e. The van der Waals surface area contributed by atoms with Crippen LogP contribution in [0.1, 0.15) is 6.42 Å². The van der Waals surface area contributed by atoms with Gasteiger partial charge in [0.25, 0.3) is 0 Å². The molecule has 1 atom stereocenters. The normalized spacial score (nSPS) is 21.9. The molecule has 1 aliphatic heterocycles. The van der Waals surface area contributed by atoms with Crippen LogP contribution in [-0.4, -0.2) is 49.6 Å². The third-order valence-corrected chi connectivity index (χ3v) is 4.52.